The fourth-order valence-corrected chi connectivity index (χ4v) is 4.54. The van der Waals surface area contributed by atoms with Crippen molar-refractivity contribution in [2.75, 3.05) is 0 Å². The lowest BCUT2D eigenvalue weighted by molar-refractivity contribution is 0.112. The van der Waals surface area contributed by atoms with Crippen LogP contribution in [-0.4, -0.2) is 15.1 Å². The van der Waals surface area contributed by atoms with E-state index in [4.69, 9.17) is 0 Å². The molecule has 2 heteroatoms. The molecule has 0 spiro atoms. The zero-order valence-electron chi connectivity index (χ0n) is 14.0. The molecular weight excluding hydrogens is 272 g/mol. The van der Waals surface area contributed by atoms with Gasteiger partial charge in [-0.15, -0.1) is 0 Å². The van der Waals surface area contributed by atoms with Gasteiger partial charge in [0.2, 0.25) is 0 Å². The molecule has 0 bridgehead atoms. The van der Waals surface area contributed by atoms with Gasteiger partial charge in [0.1, 0.15) is 0 Å². The Labute approximate surface area is 130 Å². The summed E-state index contributed by atoms with van der Waals surface area (Å²) >= 11 is 0. The van der Waals surface area contributed by atoms with Gasteiger partial charge in [-0.2, -0.15) is 0 Å². The minimum Gasteiger partial charge on any atom is -0.298 e. The lowest BCUT2D eigenvalue weighted by Gasteiger charge is -2.21. The molecule has 2 aliphatic carbocycles. The molecule has 21 heavy (non-hydrogen) atoms. The minimum absolute atomic E-state index is 0.00909. The molecule has 0 aromatic rings. The Hall–Kier alpha value is -1.41. The van der Waals surface area contributed by atoms with E-state index in [-0.39, 0.29) is 5.41 Å². The van der Waals surface area contributed by atoms with E-state index in [0.717, 1.165) is 18.3 Å². The van der Waals surface area contributed by atoms with E-state index in [2.05, 4.69) is 65.1 Å². The third-order valence-corrected chi connectivity index (χ3v) is 5.60. The number of carbonyl (C=O) groups is 1. The van der Waals surface area contributed by atoms with Crippen LogP contribution in [-0.2, 0) is 11.8 Å². The van der Waals surface area contributed by atoms with Gasteiger partial charge in [-0.3, -0.25) is 4.79 Å². The van der Waals surface area contributed by atoms with Crippen LogP contribution in [0.2, 0.25) is 13.1 Å². The maximum Gasteiger partial charge on any atom is 0.150 e. The highest BCUT2D eigenvalue weighted by Gasteiger charge is 2.30. The van der Waals surface area contributed by atoms with Gasteiger partial charge >= 0.3 is 0 Å². The molecule has 0 N–H and O–H groups in total. The first-order valence-corrected chi connectivity index (χ1v) is 10.2. The molecule has 2 rings (SSSR count). The van der Waals surface area contributed by atoms with Gasteiger partial charge in [0.15, 0.2) is 6.29 Å². The van der Waals surface area contributed by atoms with Crippen LogP contribution in [0.15, 0.2) is 24.3 Å². The minimum atomic E-state index is -0.627. The van der Waals surface area contributed by atoms with Gasteiger partial charge < -0.3 is 0 Å². The van der Waals surface area contributed by atoms with E-state index in [1.165, 1.54) is 27.4 Å². The summed E-state index contributed by atoms with van der Waals surface area (Å²) in [5.74, 6) is 0. The number of carbonyl (C=O) groups excluding carboxylic acids is 1. The molecule has 0 unspecified atom stereocenters. The maximum absolute atomic E-state index is 11.9. The van der Waals surface area contributed by atoms with Crippen LogP contribution in [0.25, 0.3) is 11.1 Å². The second kappa shape index (κ2) is 5.76. The summed E-state index contributed by atoms with van der Waals surface area (Å²) in [5, 5.41) is 1.37. The Kier molecular flexibility index (Phi) is 4.38. The predicted molar refractivity (Wildman–Crippen MR) is 93.6 cm³/mol. The van der Waals surface area contributed by atoms with Crippen LogP contribution in [0.3, 0.4) is 0 Å². The second-order valence-electron chi connectivity index (χ2n) is 6.91. The Morgan fingerprint density at radius 1 is 1.14 bits per heavy atom. The topological polar surface area (TPSA) is 17.1 Å². The Balaban J connectivity index is 3.00. The van der Waals surface area contributed by atoms with Crippen LogP contribution in [0, 0.1) is 0 Å². The molecule has 0 fully saturated rings. The molecule has 0 aromatic heterocycles. The van der Waals surface area contributed by atoms with Crippen molar-refractivity contribution in [1.82, 2.24) is 0 Å². The van der Waals surface area contributed by atoms with Gasteiger partial charge in [0.05, 0.1) is 8.80 Å². The fourth-order valence-electron chi connectivity index (χ4n) is 3.34. The standard InChI is InChI=1S/C19H25OSi/c1-7-13-14-10-8-9-11-16(21(5)6)17(14)15(12-20)18(13)19(2,3)4/h8-12H,7H2,1-6H3. The number of aldehydes is 1. The number of rotatable bonds is 3. The van der Waals surface area contributed by atoms with Gasteiger partial charge in [-0.25, -0.2) is 0 Å². The SMILES string of the molecule is CCc1c2ccccc([Si](C)C)c-2c(C=O)c1C(C)(C)C. The quantitative estimate of drug-likeness (QED) is 0.605. The van der Waals surface area contributed by atoms with Crippen LogP contribution in [0.1, 0.15) is 49.2 Å². The average molecular weight is 297 g/mol. The molecule has 0 saturated carbocycles. The van der Waals surface area contributed by atoms with Crippen molar-refractivity contribution in [3.63, 3.8) is 0 Å². The largest absolute Gasteiger partial charge is 0.298 e. The molecule has 0 saturated heterocycles. The van der Waals surface area contributed by atoms with Crippen LogP contribution in [0.4, 0.5) is 0 Å². The molecule has 111 valence electrons. The Morgan fingerprint density at radius 3 is 2.24 bits per heavy atom. The first-order valence-electron chi connectivity index (χ1n) is 7.66. The summed E-state index contributed by atoms with van der Waals surface area (Å²) in [6.07, 6.45) is 2.05. The van der Waals surface area contributed by atoms with Crippen molar-refractivity contribution in [3.05, 3.63) is 41.0 Å². The number of hydrogen-bond acceptors (Lipinski definition) is 1. The smallest absolute Gasteiger partial charge is 0.150 e. The van der Waals surface area contributed by atoms with Crippen molar-refractivity contribution in [1.29, 1.82) is 0 Å². The Morgan fingerprint density at radius 2 is 1.76 bits per heavy atom. The van der Waals surface area contributed by atoms with Crippen LogP contribution >= 0.6 is 0 Å². The highest BCUT2D eigenvalue weighted by atomic mass is 28.3. The lowest BCUT2D eigenvalue weighted by Crippen LogP contribution is -2.24. The highest BCUT2D eigenvalue weighted by Crippen LogP contribution is 2.41. The normalized spacial score (nSPS) is 12.1. The molecule has 1 radical (unpaired) electrons. The second-order valence-corrected chi connectivity index (χ2v) is 9.45. The third kappa shape index (κ3) is 2.69. The summed E-state index contributed by atoms with van der Waals surface area (Å²) in [7, 11) is -0.627. The maximum atomic E-state index is 11.9. The number of hydrogen-bond donors (Lipinski definition) is 0. The molecular formula is C19H25OSi. The molecule has 2 aliphatic rings. The summed E-state index contributed by atoms with van der Waals surface area (Å²) in [6, 6.07) is 8.61. The van der Waals surface area contributed by atoms with Crippen molar-refractivity contribution in [3.8, 4) is 11.1 Å². The lowest BCUT2D eigenvalue weighted by atomic mass is 9.83. The van der Waals surface area contributed by atoms with E-state index in [1.54, 1.807) is 0 Å². The Bertz CT molecular complexity index is 635. The van der Waals surface area contributed by atoms with Crippen molar-refractivity contribution in [2.45, 2.75) is 52.6 Å². The van der Waals surface area contributed by atoms with Crippen molar-refractivity contribution < 1.29 is 4.79 Å². The van der Waals surface area contributed by atoms with Gasteiger partial charge in [-0.05, 0) is 34.1 Å². The third-order valence-electron chi connectivity index (χ3n) is 4.10. The first-order chi connectivity index (χ1) is 9.82. The summed E-state index contributed by atoms with van der Waals surface area (Å²) in [6.45, 7) is 13.4. The molecule has 0 heterocycles. The monoisotopic (exact) mass is 297 g/mol. The summed E-state index contributed by atoms with van der Waals surface area (Å²) in [5.41, 5.74) is 5.98. The first kappa shape index (κ1) is 16.0. The molecule has 1 nitrogen and oxygen atoms in total. The zero-order valence-corrected chi connectivity index (χ0v) is 15.0. The van der Waals surface area contributed by atoms with Gasteiger partial charge in [0.25, 0.3) is 0 Å². The van der Waals surface area contributed by atoms with E-state index in [1.807, 2.05) is 0 Å². The van der Waals surface area contributed by atoms with Gasteiger partial charge in [-0.1, -0.05) is 70.2 Å². The predicted octanol–water partition coefficient (Wildman–Crippen LogP) is 4.43. The van der Waals surface area contributed by atoms with E-state index in [0.29, 0.717) is 0 Å². The average Bonchev–Trinajstić information content (AvgIpc) is 2.55. The molecule has 0 aromatic carbocycles. The highest BCUT2D eigenvalue weighted by molar-refractivity contribution is 6.72. The summed E-state index contributed by atoms with van der Waals surface area (Å²) < 4.78 is 0. The van der Waals surface area contributed by atoms with Crippen molar-refractivity contribution in [2.24, 2.45) is 0 Å². The summed E-state index contributed by atoms with van der Waals surface area (Å²) in [4.78, 5) is 11.9. The molecule has 0 aliphatic heterocycles. The molecule has 0 atom stereocenters. The zero-order chi connectivity index (χ0) is 15.8. The fraction of sp³-hybridized carbons (Fsp3) is 0.421. The van der Waals surface area contributed by atoms with E-state index >= 15 is 0 Å². The van der Waals surface area contributed by atoms with E-state index < -0.39 is 8.80 Å². The van der Waals surface area contributed by atoms with Crippen molar-refractivity contribution >= 4 is 20.3 Å². The van der Waals surface area contributed by atoms with Crippen LogP contribution < -0.4 is 5.19 Å². The van der Waals surface area contributed by atoms with Crippen LogP contribution in [0.5, 0.6) is 0 Å². The van der Waals surface area contributed by atoms with E-state index in [9.17, 15) is 4.79 Å². The number of fused-ring (bicyclic) bond motifs is 1. The molecule has 0 amide bonds. The van der Waals surface area contributed by atoms with Gasteiger partial charge in [0, 0.05) is 5.56 Å².